The molecular weight excluding hydrogens is 202 g/mol. The van der Waals surface area contributed by atoms with Crippen molar-refractivity contribution in [3.05, 3.63) is 48.2 Å². The van der Waals surface area contributed by atoms with E-state index in [1.54, 1.807) is 12.1 Å². The molecule has 0 aliphatic carbocycles. The van der Waals surface area contributed by atoms with E-state index in [2.05, 4.69) is 10.2 Å². The first kappa shape index (κ1) is 9.51. The number of rotatable bonds is 2. The summed E-state index contributed by atoms with van der Waals surface area (Å²) in [7, 11) is 0. The molecule has 0 radical (unpaired) electrons. The van der Waals surface area contributed by atoms with Crippen molar-refractivity contribution in [2.75, 3.05) is 0 Å². The quantitative estimate of drug-likeness (QED) is 0.760. The van der Waals surface area contributed by atoms with E-state index < -0.39 is 11.6 Å². The first-order valence-electron chi connectivity index (χ1n) is 4.16. The first-order valence-corrected chi connectivity index (χ1v) is 4.16. The third-order valence-corrected chi connectivity index (χ3v) is 1.66. The van der Waals surface area contributed by atoms with Crippen molar-refractivity contribution < 1.29 is 13.5 Å². The Bertz CT molecular complexity index is 462. The highest BCUT2D eigenvalue weighted by Gasteiger charge is 2.04. The molecule has 0 saturated heterocycles. The highest BCUT2D eigenvalue weighted by molar-refractivity contribution is 5.27. The molecule has 3 nitrogen and oxygen atoms in total. The number of hydrogen-bond donors (Lipinski definition) is 0. The van der Waals surface area contributed by atoms with Gasteiger partial charge in [-0.15, -0.1) is 5.10 Å². The number of halogens is 2. The van der Waals surface area contributed by atoms with Crippen LogP contribution in [0.25, 0.3) is 0 Å². The molecule has 1 aromatic heterocycles. The van der Waals surface area contributed by atoms with Crippen molar-refractivity contribution in [3.63, 3.8) is 0 Å². The van der Waals surface area contributed by atoms with Crippen LogP contribution in [0.2, 0.25) is 0 Å². The fourth-order valence-corrected chi connectivity index (χ4v) is 1.00. The third-order valence-electron chi connectivity index (χ3n) is 1.66. The largest absolute Gasteiger partial charge is 0.437 e. The smallest absolute Gasteiger partial charge is 0.238 e. The molecule has 0 atom stereocenters. The standard InChI is InChI=1S/C10H6F2N2O/c11-8-4-3-7(6-9(8)12)15-10-2-1-5-13-14-10/h1-6H. The van der Waals surface area contributed by atoms with Crippen molar-refractivity contribution in [1.82, 2.24) is 10.2 Å². The van der Waals surface area contributed by atoms with Gasteiger partial charge in [-0.2, -0.15) is 5.10 Å². The topological polar surface area (TPSA) is 35.0 Å². The molecule has 0 N–H and O–H groups in total. The first-order chi connectivity index (χ1) is 7.25. The van der Waals surface area contributed by atoms with Crippen LogP contribution < -0.4 is 4.74 Å². The molecule has 0 aliphatic heterocycles. The Kier molecular flexibility index (Phi) is 2.53. The van der Waals surface area contributed by atoms with Crippen LogP contribution in [0.1, 0.15) is 0 Å². The number of aromatic nitrogens is 2. The molecule has 1 heterocycles. The number of hydrogen-bond acceptors (Lipinski definition) is 3. The minimum Gasteiger partial charge on any atom is -0.437 e. The summed E-state index contributed by atoms with van der Waals surface area (Å²) in [6.07, 6.45) is 1.48. The van der Waals surface area contributed by atoms with E-state index in [9.17, 15) is 8.78 Å². The summed E-state index contributed by atoms with van der Waals surface area (Å²) in [5.74, 6) is -1.48. The van der Waals surface area contributed by atoms with Crippen LogP contribution in [0.4, 0.5) is 8.78 Å². The number of nitrogens with zero attached hydrogens (tertiary/aromatic N) is 2. The summed E-state index contributed by atoms with van der Waals surface area (Å²) in [6, 6.07) is 6.44. The summed E-state index contributed by atoms with van der Waals surface area (Å²) in [4.78, 5) is 0. The SMILES string of the molecule is Fc1ccc(Oc2cccnn2)cc1F. The molecule has 76 valence electrons. The van der Waals surface area contributed by atoms with E-state index in [0.717, 1.165) is 12.1 Å². The van der Waals surface area contributed by atoms with Gasteiger partial charge in [0.25, 0.3) is 0 Å². The second-order valence-corrected chi connectivity index (χ2v) is 2.74. The van der Waals surface area contributed by atoms with Crippen LogP contribution >= 0.6 is 0 Å². The van der Waals surface area contributed by atoms with Gasteiger partial charge in [0.1, 0.15) is 5.75 Å². The van der Waals surface area contributed by atoms with E-state index >= 15 is 0 Å². The molecule has 0 aliphatic rings. The van der Waals surface area contributed by atoms with E-state index in [0.29, 0.717) is 0 Å². The lowest BCUT2D eigenvalue weighted by Crippen LogP contribution is -1.91. The second-order valence-electron chi connectivity index (χ2n) is 2.74. The van der Waals surface area contributed by atoms with Crippen molar-refractivity contribution in [2.24, 2.45) is 0 Å². The molecular formula is C10H6F2N2O. The molecule has 15 heavy (non-hydrogen) atoms. The molecule has 0 fully saturated rings. The average molecular weight is 208 g/mol. The lowest BCUT2D eigenvalue weighted by atomic mass is 10.3. The monoisotopic (exact) mass is 208 g/mol. The molecule has 2 rings (SSSR count). The van der Waals surface area contributed by atoms with Crippen LogP contribution in [0.3, 0.4) is 0 Å². The van der Waals surface area contributed by atoms with Gasteiger partial charge in [0.15, 0.2) is 11.6 Å². The molecule has 0 spiro atoms. The molecule has 0 unspecified atom stereocenters. The fourth-order valence-electron chi connectivity index (χ4n) is 1.00. The van der Waals surface area contributed by atoms with E-state index in [4.69, 9.17) is 4.74 Å². The normalized spacial score (nSPS) is 10.0. The maximum Gasteiger partial charge on any atom is 0.238 e. The maximum atomic E-state index is 12.8. The zero-order chi connectivity index (χ0) is 10.7. The zero-order valence-electron chi connectivity index (χ0n) is 7.52. The van der Waals surface area contributed by atoms with Crippen molar-refractivity contribution in [2.45, 2.75) is 0 Å². The second kappa shape index (κ2) is 4.00. The summed E-state index contributed by atoms with van der Waals surface area (Å²) < 4.78 is 30.5. The van der Waals surface area contributed by atoms with Crippen LogP contribution in [-0.4, -0.2) is 10.2 Å². The van der Waals surface area contributed by atoms with Gasteiger partial charge in [0.05, 0.1) is 0 Å². The minimum absolute atomic E-state index is 0.175. The van der Waals surface area contributed by atoms with Gasteiger partial charge in [-0.05, 0) is 18.2 Å². The fraction of sp³-hybridized carbons (Fsp3) is 0. The van der Waals surface area contributed by atoms with Gasteiger partial charge >= 0.3 is 0 Å². The number of benzene rings is 1. The van der Waals surface area contributed by atoms with Crippen molar-refractivity contribution in [1.29, 1.82) is 0 Å². The molecule has 1 aromatic carbocycles. The predicted octanol–water partition coefficient (Wildman–Crippen LogP) is 2.55. The van der Waals surface area contributed by atoms with Gasteiger partial charge in [-0.1, -0.05) is 0 Å². The van der Waals surface area contributed by atoms with E-state index in [1.165, 1.54) is 12.3 Å². The molecule has 2 aromatic rings. The van der Waals surface area contributed by atoms with Crippen molar-refractivity contribution >= 4 is 0 Å². The van der Waals surface area contributed by atoms with Crippen molar-refractivity contribution in [3.8, 4) is 11.6 Å². The van der Waals surface area contributed by atoms with Gasteiger partial charge in [-0.25, -0.2) is 8.78 Å². The molecule has 5 heteroatoms. The Hall–Kier alpha value is -2.04. The Balaban J connectivity index is 2.22. The third kappa shape index (κ3) is 2.25. The highest BCUT2D eigenvalue weighted by atomic mass is 19.2. The maximum absolute atomic E-state index is 12.8. The Labute approximate surface area is 84.3 Å². The predicted molar refractivity (Wildman–Crippen MR) is 48.5 cm³/mol. The Morgan fingerprint density at radius 1 is 1.07 bits per heavy atom. The van der Waals surface area contributed by atoms with E-state index in [1.807, 2.05) is 0 Å². The summed E-state index contributed by atoms with van der Waals surface area (Å²) in [5.41, 5.74) is 0. The molecule has 0 bridgehead atoms. The van der Waals surface area contributed by atoms with Crippen LogP contribution in [0.5, 0.6) is 11.6 Å². The Morgan fingerprint density at radius 3 is 2.60 bits per heavy atom. The van der Waals surface area contributed by atoms with Crippen LogP contribution in [0, 0.1) is 11.6 Å². The summed E-state index contributed by atoms with van der Waals surface area (Å²) in [6.45, 7) is 0. The van der Waals surface area contributed by atoms with Gasteiger partial charge in [0, 0.05) is 18.3 Å². The molecule has 0 amide bonds. The van der Waals surface area contributed by atoms with Crippen LogP contribution in [0.15, 0.2) is 36.5 Å². The summed E-state index contributed by atoms with van der Waals surface area (Å²) in [5, 5.41) is 7.22. The number of ether oxygens (including phenoxy) is 1. The van der Waals surface area contributed by atoms with Gasteiger partial charge < -0.3 is 4.74 Å². The van der Waals surface area contributed by atoms with Gasteiger partial charge in [-0.3, -0.25) is 0 Å². The summed E-state index contributed by atoms with van der Waals surface area (Å²) >= 11 is 0. The minimum atomic E-state index is -0.962. The van der Waals surface area contributed by atoms with Gasteiger partial charge in [0.2, 0.25) is 5.88 Å². The van der Waals surface area contributed by atoms with Crippen LogP contribution in [-0.2, 0) is 0 Å². The Morgan fingerprint density at radius 2 is 1.93 bits per heavy atom. The lowest BCUT2D eigenvalue weighted by molar-refractivity contribution is 0.442. The molecule has 0 saturated carbocycles. The van der Waals surface area contributed by atoms with E-state index in [-0.39, 0.29) is 11.6 Å². The zero-order valence-corrected chi connectivity index (χ0v) is 7.52. The lowest BCUT2D eigenvalue weighted by Gasteiger charge is -2.03. The highest BCUT2D eigenvalue weighted by Crippen LogP contribution is 2.20. The average Bonchev–Trinajstić information content (AvgIpc) is 2.25.